The lowest BCUT2D eigenvalue weighted by Crippen LogP contribution is -2.28. The topological polar surface area (TPSA) is 97.8 Å². The Balaban J connectivity index is 1.80. The van der Waals surface area contributed by atoms with Gasteiger partial charge in [-0.25, -0.2) is 13.4 Å². The minimum Gasteiger partial charge on any atom is -0.495 e. The molecule has 0 radical (unpaired) electrons. The van der Waals surface area contributed by atoms with Gasteiger partial charge in [-0.15, -0.1) is 0 Å². The first-order chi connectivity index (χ1) is 16.4. The highest BCUT2D eigenvalue weighted by Crippen LogP contribution is 2.28. The van der Waals surface area contributed by atoms with Crippen molar-refractivity contribution in [3.05, 3.63) is 83.6 Å². The summed E-state index contributed by atoms with van der Waals surface area (Å²) in [5.41, 5.74) is 1.78. The van der Waals surface area contributed by atoms with E-state index in [0.29, 0.717) is 12.5 Å². The second-order valence-electron chi connectivity index (χ2n) is 7.61. The average Bonchev–Trinajstić information content (AvgIpc) is 2.86. The molecule has 34 heavy (non-hydrogen) atoms. The molecule has 3 aromatic rings. The summed E-state index contributed by atoms with van der Waals surface area (Å²) in [6, 6.07) is 17.2. The lowest BCUT2D eigenvalue weighted by atomic mass is 10.2. The summed E-state index contributed by atoms with van der Waals surface area (Å²) in [6.07, 6.45) is 2.47. The van der Waals surface area contributed by atoms with Gasteiger partial charge in [-0.1, -0.05) is 43.3 Å². The molecule has 1 amide bonds. The second-order valence-corrected chi connectivity index (χ2v) is 9.62. The van der Waals surface area contributed by atoms with Crippen molar-refractivity contribution in [1.29, 1.82) is 0 Å². The van der Waals surface area contributed by atoms with Crippen LogP contribution in [0, 0.1) is 0 Å². The number of rotatable bonds is 11. The SMILES string of the molecule is CCCOc1ncccc1CNC(=O)c1ccc(OC)c(S(=O)(=O)N(C)Cc2ccccc2)c1. The Kier molecular flexibility index (Phi) is 8.61. The van der Waals surface area contributed by atoms with Gasteiger partial charge in [-0.3, -0.25) is 4.79 Å². The van der Waals surface area contributed by atoms with Crippen molar-refractivity contribution >= 4 is 15.9 Å². The molecular weight excluding hydrogens is 454 g/mol. The Labute approximate surface area is 200 Å². The number of carbonyl (C=O) groups excluding carboxylic acids is 1. The van der Waals surface area contributed by atoms with Crippen LogP contribution in [0.15, 0.2) is 71.8 Å². The number of hydrogen-bond acceptors (Lipinski definition) is 6. The summed E-state index contributed by atoms with van der Waals surface area (Å²) in [5, 5.41) is 2.81. The average molecular weight is 484 g/mol. The van der Waals surface area contributed by atoms with Crippen LogP contribution in [0.2, 0.25) is 0 Å². The summed E-state index contributed by atoms with van der Waals surface area (Å²) in [6.45, 7) is 2.89. The number of amides is 1. The predicted octanol–water partition coefficient (Wildman–Crippen LogP) is 3.63. The maximum Gasteiger partial charge on any atom is 0.251 e. The number of nitrogens with zero attached hydrogens (tertiary/aromatic N) is 2. The van der Waals surface area contributed by atoms with Gasteiger partial charge in [0.25, 0.3) is 5.91 Å². The van der Waals surface area contributed by atoms with Gasteiger partial charge in [-0.05, 0) is 36.2 Å². The third kappa shape index (κ3) is 6.12. The number of methoxy groups -OCH3 is 1. The fourth-order valence-electron chi connectivity index (χ4n) is 3.28. The third-order valence-corrected chi connectivity index (χ3v) is 6.92. The fraction of sp³-hybridized carbons (Fsp3) is 0.280. The fourth-order valence-corrected chi connectivity index (χ4v) is 4.61. The van der Waals surface area contributed by atoms with Crippen molar-refractivity contribution in [1.82, 2.24) is 14.6 Å². The van der Waals surface area contributed by atoms with Gasteiger partial charge >= 0.3 is 0 Å². The minimum absolute atomic E-state index is 0.0746. The van der Waals surface area contributed by atoms with E-state index in [-0.39, 0.29) is 29.3 Å². The standard InChI is InChI=1S/C25H29N3O5S/c1-4-15-33-25-21(11-8-14-26-25)17-27-24(29)20-12-13-22(32-3)23(16-20)34(30,31)28(2)18-19-9-6-5-7-10-19/h5-14,16H,4,15,17-18H2,1-3H3,(H,27,29). The Bertz CT molecular complexity index is 1220. The van der Waals surface area contributed by atoms with Crippen LogP contribution in [-0.4, -0.2) is 44.4 Å². The van der Waals surface area contributed by atoms with Crippen LogP contribution in [0.25, 0.3) is 0 Å². The molecule has 0 bridgehead atoms. The summed E-state index contributed by atoms with van der Waals surface area (Å²) >= 11 is 0. The summed E-state index contributed by atoms with van der Waals surface area (Å²) in [5.74, 6) is 0.208. The minimum atomic E-state index is -3.92. The molecule has 1 heterocycles. The van der Waals surface area contributed by atoms with E-state index >= 15 is 0 Å². The molecule has 1 N–H and O–H groups in total. The van der Waals surface area contributed by atoms with Crippen molar-refractivity contribution in [2.24, 2.45) is 0 Å². The molecule has 8 nitrogen and oxygen atoms in total. The van der Waals surface area contributed by atoms with Crippen LogP contribution in [0.3, 0.4) is 0 Å². The predicted molar refractivity (Wildman–Crippen MR) is 129 cm³/mol. The van der Waals surface area contributed by atoms with Crippen LogP contribution in [-0.2, 0) is 23.1 Å². The smallest absolute Gasteiger partial charge is 0.251 e. The van der Waals surface area contributed by atoms with E-state index in [1.807, 2.05) is 43.3 Å². The van der Waals surface area contributed by atoms with Crippen LogP contribution in [0.1, 0.15) is 34.8 Å². The van der Waals surface area contributed by atoms with Crippen molar-refractivity contribution < 1.29 is 22.7 Å². The van der Waals surface area contributed by atoms with Crippen molar-refractivity contribution in [3.8, 4) is 11.6 Å². The Hall–Kier alpha value is -3.43. The molecular formula is C25H29N3O5S. The molecule has 0 aliphatic carbocycles. The normalized spacial score (nSPS) is 11.3. The van der Waals surface area contributed by atoms with E-state index in [9.17, 15) is 13.2 Å². The van der Waals surface area contributed by atoms with Gasteiger partial charge in [0.15, 0.2) is 0 Å². The highest BCUT2D eigenvalue weighted by molar-refractivity contribution is 7.89. The molecule has 0 atom stereocenters. The summed E-state index contributed by atoms with van der Waals surface area (Å²) in [4.78, 5) is 17.0. The molecule has 3 rings (SSSR count). The number of carbonyl (C=O) groups is 1. The molecule has 0 spiro atoms. The van der Waals surface area contributed by atoms with Crippen LogP contribution in [0.5, 0.6) is 11.6 Å². The molecule has 0 saturated heterocycles. The first-order valence-electron chi connectivity index (χ1n) is 10.9. The zero-order valence-corrected chi connectivity index (χ0v) is 20.3. The van der Waals surface area contributed by atoms with Crippen LogP contribution in [0.4, 0.5) is 0 Å². The van der Waals surface area contributed by atoms with Gasteiger partial charge in [0.1, 0.15) is 10.6 Å². The maximum atomic E-state index is 13.3. The Morgan fingerprint density at radius 2 is 1.85 bits per heavy atom. The maximum absolute atomic E-state index is 13.3. The monoisotopic (exact) mass is 483 g/mol. The van der Waals surface area contributed by atoms with E-state index in [1.165, 1.54) is 36.7 Å². The number of nitrogens with one attached hydrogen (secondary N) is 1. The second kappa shape index (κ2) is 11.6. The van der Waals surface area contributed by atoms with Crippen LogP contribution >= 0.6 is 0 Å². The summed E-state index contributed by atoms with van der Waals surface area (Å²) in [7, 11) is -1.03. The van der Waals surface area contributed by atoms with E-state index in [0.717, 1.165) is 17.5 Å². The Morgan fingerprint density at radius 1 is 1.09 bits per heavy atom. The van der Waals surface area contributed by atoms with E-state index < -0.39 is 15.9 Å². The van der Waals surface area contributed by atoms with Gasteiger partial charge in [0.2, 0.25) is 15.9 Å². The molecule has 1 aromatic heterocycles. The molecule has 0 aliphatic heterocycles. The van der Waals surface area contributed by atoms with E-state index in [1.54, 1.807) is 12.3 Å². The molecule has 9 heteroatoms. The van der Waals surface area contributed by atoms with Gasteiger partial charge < -0.3 is 14.8 Å². The van der Waals surface area contributed by atoms with Gasteiger partial charge in [0, 0.05) is 37.5 Å². The van der Waals surface area contributed by atoms with Gasteiger partial charge in [-0.2, -0.15) is 4.31 Å². The molecule has 2 aromatic carbocycles. The molecule has 0 saturated carbocycles. The number of sulfonamides is 1. The Morgan fingerprint density at radius 3 is 2.56 bits per heavy atom. The first kappa shape index (κ1) is 25.2. The highest BCUT2D eigenvalue weighted by atomic mass is 32.2. The van der Waals surface area contributed by atoms with Crippen LogP contribution < -0.4 is 14.8 Å². The van der Waals surface area contributed by atoms with Crippen molar-refractivity contribution in [3.63, 3.8) is 0 Å². The van der Waals surface area contributed by atoms with Crippen molar-refractivity contribution in [2.45, 2.75) is 31.3 Å². The lowest BCUT2D eigenvalue weighted by molar-refractivity contribution is 0.0950. The zero-order valence-electron chi connectivity index (χ0n) is 19.5. The number of ether oxygens (including phenoxy) is 2. The molecule has 0 aliphatic rings. The number of aromatic nitrogens is 1. The number of hydrogen-bond donors (Lipinski definition) is 1. The third-order valence-electron chi connectivity index (χ3n) is 5.09. The molecule has 0 fully saturated rings. The first-order valence-corrected chi connectivity index (χ1v) is 12.3. The number of benzene rings is 2. The molecule has 180 valence electrons. The van der Waals surface area contributed by atoms with Crippen molar-refractivity contribution in [2.75, 3.05) is 20.8 Å². The summed E-state index contributed by atoms with van der Waals surface area (Å²) < 4.78 is 38.8. The molecule has 0 unspecified atom stereocenters. The largest absolute Gasteiger partial charge is 0.495 e. The highest BCUT2D eigenvalue weighted by Gasteiger charge is 2.26. The van der Waals surface area contributed by atoms with Gasteiger partial charge in [0.05, 0.1) is 13.7 Å². The zero-order chi connectivity index (χ0) is 24.6. The van der Waals surface area contributed by atoms with E-state index in [2.05, 4.69) is 10.3 Å². The quantitative estimate of drug-likeness (QED) is 0.447. The van der Waals surface area contributed by atoms with E-state index in [4.69, 9.17) is 9.47 Å². The lowest BCUT2D eigenvalue weighted by Gasteiger charge is -2.19. The number of pyridine rings is 1.